The summed E-state index contributed by atoms with van der Waals surface area (Å²) in [4.78, 5) is 0.110. The zero-order valence-corrected chi connectivity index (χ0v) is 9.13. The average Bonchev–Trinajstić information content (AvgIpc) is 2.05. The van der Waals surface area contributed by atoms with Gasteiger partial charge >= 0.3 is 0 Å². The van der Waals surface area contributed by atoms with Gasteiger partial charge in [-0.2, -0.15) is 0 Å². The number of para-hydroxylation sites is 1. The Bertz CT molecular complexity index is 512. The monoisotopic (exact) mass is 248 g/mol. The molecule has 1 heterocycles. The van der Waals surface area contributed by atoms with Gasteiger partial charge in [0, 0.05) is 0 Å². The third-order valence-electron chi connectivity index (χ3n) is 1.73. The number of nitrogens with one attached hydrogen (secondary N) is 2. The van der Waals surface area contributed by atoms with Gasteiger partial charge in [0.2, 0.25) is 0 Å². The second-order valence-electron chi connectivity index (χ2n) is 2.67. The van der Waals surface area contributed by atoms with Crippen LogP contribution in [0.25, 0.3) is 0 Å². The number of thiocarbonyl (C=S) groups is 1. The van der Waals surface area contributed by atoms with E-state index in [1.165, 1.54) is 6.07 Å². The maximum Gasteiger partial charge on any atom is 0.265 e. The van der Waals surface area contributed by atoms with E-state index in [2.05, 4.69) is 10.0 Å². The van der Waals surface area contributed by atoms with Crippen molar-refractivity contribution in [1.82, 2.24) is 4.72 Å². The van der Waals surface area contributed by atoms with E-state index in [0.29, 0.717) is 10.7 Å². The van der Waals surface area contributed by atoms with E-state index in [9.17, 15) is 8.42 Å². The van der Waals surface area contributed by atoms with E-state index in [1.54, 1.807) is 12.1 Å². The zero-order valence-electron chi connectivity index (χ0n) is 6.74. The van der Waals surface area contributed by atoms with Gasteiger partial charge in [-0.3, -0.25) is 4.72 Å². The molecule has 1 aromatic rings. The first-order valence-corrected chi connectivity index (χ1v) is 5.90. The van der Waals surface area contributed by atoms with Crippen LogP contribution < -0.4 is 10.0 Å². The number of rotatable bonds is 0. The van der Waals surface area contributed by atoms with Crippen LogP contribution in [0, 0.1) is 0 Å². The molecule has 0 unspecified atom stereocenters. The number of anilines is 1. The molecule has 1 aliphatic heterocycles. The molecule has 14 heavy (non-hydrogen) atoms. The summed E-state index contributed by atoms with van der Waals surface area (Å²) >= 11 is 10.6. The molecule has 74 valence electrons. The molecule has 1 aromatic carbocycles. The third-order valence-corrected chi connectivity index (χ3v) is 3.77. The van der Waals surface area contributed by atoms with Gasteiger partial charge < -0.3 is 5.32 Å². The Morgan fingerprint density at radius 1 is 1.36 bits per heavy atom. The standard InChI is InChI=1S/C7H5ClN2O2S2/c8-4-2-1-3-5-6(4)9-7(13)10-14(5,11)12/h1-3H,(H2,9,10,13). The van der Waals surface area contributed by atoms with E-state index < -0.39 is 10.0 Å². The van der Waals surface area contributed by atoms with Crippen LogP contribution >= 0.6 is 23.8 Å². The summed E-state index contributed by atoms with van der Waals surface area (Å²) in [5.74, 6) is 0. The molecule has 0 radical (unpaired) electrons. The quantitative estimate of drug-likeness (QED) is 0.680. The molecule has 0 aromatic heterocycles. The smallest absolute Gasteiger partial charge is 0.265 e. The van der Waals surface area contributed by atoms with Crippen molar-refractivity contribution >= 4 is 44.6 Å². The lowest BCUT2D eigenvalue weighted by Gasteiger charge is -2.20. The Balaban J connectivity index is 2.76. The summed E-state index contributed by atoms with van der Waals surface area (Å²) in [5.41, 5.74) is 0.331. The van der Waals surface area contributed by atoms with E-state index in [-0.39, 0.29) is 10.0 Å². The minimum Gasteiger partial charge on any atom is -0.330 e. The van der Waals surface area contributed by atoms with Crippen molar-refractivity contribution in [2.75, 3.05) is 5.32 Å². The highest BCUT2D eigenvalue weighted by Crippen LogP contribution is 2.31. The molecule has 0 spiro atoms. The summed E-state index contributed by atoms with van der Waals surface area (Å²) in [6.07, 6.45) is 0. The summed E-state index contributed by atoms with van der Waals surface area (Å²) in [6, 6.07) is 4.62. The molecule has 0 aliphatic carbocycles. The lowest BCUT2D eigenvalue weighted by molar-refractivity contribution is 0.592. The Morgan fingerprint density at radius 3 is 2.79 bits per heavy atom. The number of halogens is 1. The van der Waals surface area contributed by atoms with Crippen molar-refractivity contribution in [1.29, 1.82) is 0 Å². The van der Waals surface area contributed by atoms with Gasteiger partial charge in [0.1, 0.15) is 4.90 Å². The first-order chi connectivity index (χ1) is 6.50. The number of sulfonamides is 1. The fraction of sp³-hybridized carbons (Fsp3) is 0. The minimum absolute atomic E-state index is 0.0330. The summed E-state index contributed by atoms with van der Waals surface area (Å²) in [6.45, 7) is 0. The number of hydrogen-bond acceptors (Lipinski definition) is 3. The maximum atomic E-state index is 11.5. The highest BCUT2D eigenvalue weighted by atomic mass is 35.5. The van der Waals surface area contributed by atoms with Crippen molar-refractivity contribution in [3.63, 3.8) is 0 Å². The Labute approximate surface area is 91.3 Å². The Kier molecular flexibility index (Phi) is 2.13. The van der Waals surface area contributed by atoms with E-state index in [1.807, 2.05) is 0 Å². The molecule has 0 fully saturated rings. The van der Waals surface area contributed by atoms with Crippen molar-refractivity contribution in [2.24, 2.45) is 0 Å². The van der Waals surface area contributed by atoms with Crippen molar-refractivity contribution in [2.45, 2.75) is 4.90 Å². The summed E-state index contributed by atoms with van der Waals surface area (Å²) in [5, 5.41) is 3.05. The molecule has 0 bridgehead atoms. The van der Waals surface area contributed by atoms with Crippen LogP contribution in [-0.4, -0.2) is 13.5 Å². The number of fused-ring (bicyclic) bond motifs is 1. The molecule has 0 amide bonds. The normalized spacial score (nSPS) is 17.9. The van der Waals surface area contributed by atoms with Crippen LogP contribution in [0.1, 0.15) is 0 Å². The van der Waals surface area contributed by atoms with E-state index >= 15 is 0 Å². The predicted octanol–water partition coefficient (Wildman–Crippen LogP) is 1.33. The van der Waals surface area contributed by atoms with E-state index in [4.69, 9.17) is 23.8 Å². The van der Waals surface area contributed by atoms with Crippen molar-refractivity contribution in [3.05, 3.63) is 23.2 Å². The minimum atomic E-state index is -3.55. The third kappa shape index (κ3) is 1.45. The van der Waals surface area contributed by atoms with Gasteiger partial charge in [0.15, 0.2) is 5.11 Å². The summed E-state index contributed by atoms with van der Waals surface area (Å²) in [7, 11) is -3.55. The molecule has 0 saturated carbocycles. The molecule has 0 saturated heterocycles. The van der Waals surface area contributed by atoms with Gasteiger partial charge in [0.05, 0.1) is 10.7 Å². The molecular weight excluding hydrogens is 244 g/mol. The largest absolute Gasteiger partial charge is 0.330 e. The van der Waals surface area contributed by atoms with E-state index in [0.717, 1.165) is 0 Å². The van der Waals surface area contributed by atoms with Gasteiger partial charge in [0.25, 0.3) is 10.0 Å². The van der Waals surface area contributed by atoms with Crippen molar-refractivity contribution < 1.29 is 8.42 Å². The van der Waals surface area contributed by atoms with Gasteiger partial charge in [-0.15, -0.1) is 0 Å². The van der Waals surface area contributed by atoms with Crippen LogP contribution in [-0.2, 0) is 10.0 Å². The Hall–Kier alpha value is -0.850. The van der Waals surface area contributed by atoms with Crippen molar-refractivity contribution in [3.8, 4) is 0 Å². The molecule has 4 nitrogen and oxygen atoms in total. The first kappa shape index (κ1) is 9.70. The molecule has 0 atom stereocenters. The fourth-order valence-electron chi connectivity index (χ4n) is 1.17. The highest BCUT2D eigenvalue weighted by molar-refractivity contribution is 7.92. The van der Waals surface area contributed by atoms with Crippen LogP contribution in [0.5, 0.6) is 0 Å². The van der Waals surface area contributed by atoms with Crippen LogP contribution in [0.15, 0.2) is 23.1 Å². The fourth-order valence-corrected chi connectivity index (χ4v) is 2.97. The lowest BCUT2D eigenvalue weighted by atomic mass is 10.3. The molecule has 2 rings (SSSR count). The predicted molar refractivity (Wildman–Crippen MR) is 58.0 cm³/mol. The molecule has 7 heteroatoms. The SMILES string of the molecule is O=S1(=O)NC(=S)Nc2c(Cl)cccc21. The number of benzene rings is 1. The van der Waals surface area contributed by atoms with Crippen LogP contribution in [0.4, 0.5) is 5.69 Å². The maximum absolute atomic E-state index is 11.5. The van der Waals surface area contributed by atoms with Gasteiger partial charge in [-0.25, -0.2) is 8.42 Å². The Morgan fingerprint density at radius 2 is 2.07 bits per heavy atom. The second kappa shape index (κ2) is 3.08. The topological polar surface area (TPSA) is 58.2 Å². The molecule has 2 N–H and O–H groups in total. The number of hydrogen-bond donors (Lipinski definition) is 2. The van der Waals surface area contributed by atoms with Gasteiger partial charge in [-0.05, 0) is 24.4 Å². The summed E-state index contributed by atoms with van der Waals surface area (Å²) < 4.78 is 25.2. The second-order valence-corrected chi connectivity index (χ2v) is 5.14. The first-order valence-electron chi connectivity index (χ1n) is 3.63. The van der Waals surface area contributed by atoms with Gasteiger partial charge in [-0.1, -0.05) is 17.7 Å². The van der Waals surface area contributed by atoms with Crippen LogP contribution in [0.2, 0.25) is 5.02 Å². The zero-order chi connectivity index (χ0) is 10.3. The highest BCUT2D eigenvalue weighted by Gasteiger charge is 2.26. The van der Waals surface area contributed by atoms with Crippen LogP contribution in [0.3, 0.4) is 0 Å². The average molecular weight is 249 g/mol. The molecular formula is C7H5ClN2O2S2. The lowest BCUT2D eigenvalue weighted by Crippen LogP contribution is -2.39. The molecule has 1 aliphatic rings.